The number of aromatic nitrogens is 2. The molecular weight excluding hydrogens is 382 g/mol. The van der Waals surface area contributed by atoms with Gasteiger partial charge in [-0.05, 0) is 35.9 Å². The van der Waals surface area contributed by atoms with Crippen LogP contribution in [0.25, 0.3) is 16.6 Å². The van der Waals surface area contributed by atoms with Crippen LogP contribution in [0.1, 0.15) is 11.3 Å². The van der Waals surface area contributed by atoms with E-state index in [1.807, 2.05) is 84.9 Å². The zero-order valence-corrected chi connectivity index (χ0v) is 16.9. The maximum atomic E-state index is 12.9. The van der Waals surface area contributed by atoms with Crippen molar-refractivity contribution < 1.29 is 0 Å². The van der Waals surface area contributed by atoms with E-state index in [-0.39, 0.29) is 5.43 Å². The molecule has 3 aromatic carbocycles. The number of rotatable bonds is 5. The number of para-hydroxylation sites is 2. The Balaban J connectivity index is 1.71. The van der Waals surface area contributed by atoms with Crippen molar-refractivity contribution in [2.45, 2.75) is 6.42 Å². The molecule has 0 aliphatic rings. The number of hydrogen-bond acceptors (Lipinski definition) is 3. The highest BCUT2D eigenvalue weighted by atomic mass is 16.1. The van der Waals surface area contributed by atoms with Crippen molar-refractivity contribution in [2.75, 3.05) is 5.32 Å². The van der Waals surface area contributed by atoms with Gasteiger partial charge in [0.05, 0.1) is 10.9 Å². The first-order valence-electron chi connectivity index (χ1n) is 10.2. The second-order valence-electron chi connectivity index (χ2n) is 7.41. The van der Waals surface area contributed by atoms with Crippen molar-refractivity contribution in [1.82, 2.24) is 9.55 Å². The van der Waals surface area contributed by atoms with Crippen molar-refractivity contribution in [3.05, 3.63) is 131 Å². The molecular formula is C27H21N3O. The zero-order valence-electron chi connectivity index (χ0n) is 16.9. The van der Waals surface area contributed by atoms with E-state index < -0.39 is 0 Å². The largest absolute Gasteiger partial charge is 0.341 e. The van der Waals surface area contributed by atoms with Crippen molar-refractivity contribution in [3.63, 3.8) is 0 Å². The Bertz CT molecular complexity index is 1380. The van der Waals surface area contributed by atoms with E-state index in [4.69, 9.17) is 0 Å². The van der Waals surface area contributed by atoms with Gasteiger partial charge in [0.1, 0.15) is 5.82 Å². The Labute approximate surface area is 180 Å². The molecule has 5 aromatic rings. The third-order valence-electron chi connectivity index (χ3n) is 5.24. The number of anilines is 2. The van der Waals surface area contributed by atoms with Crippen LogP contribution < -0.4 is 10.7 Å². The number of hydrogen-bond donors (Lipinski definition) is 1. The highest BCUT2D eigenvalue weighted by Crippen LogP contribution is 2.25. The van der Waals surface area contributed by atoms with Gasteiger partial charge in [-0.15, -0.1) is 0 Å². The summed E-state index contributed by atoms with van der Waals surface area (Å²) in [5.41, 5.74) is 4.77. The summed E-state index contributed by atoms with van der Waals surface area (Å²) in [6.07, 6.45) is 2.40. The topological polar surface area (TPSA) is 46.9 Å². The number of pyridine rings is 2. The van der Waals surface area contributed by atoms with Gasteiger partial charge in [-0.1, -0.05) is 66.7 Å². The quantitative estimate of drug-likeness (QED) is 0.408. The minimum absolute atomic E-state index is 0.0561. The fraction of sp³-hybridized carbons (Fsp3) is 0.0370. The summed E-state index contributed by atoms with van der Waals surface area (Å²) in [5, 5.41) is 4.01. The smallest absolute Gasteiger partial charge is 0.193 e. The Morgan fingerprint density at radius 1 is 0.774 bits per heavy atom. The molecule has 31 heavy (non-hydrogen) atoms. The van der Waals surface area contributed by atoms with Gasteiger partial charge in [0.2, 0.25) is 0 Å². The Morgan fingerprint density at radius 3 is 2.13 bits per heavy atom. The van der Waals surface area contributed by atoms with Gasteiger partial charge in [-0.2, -0.15) is 0 Å². The summed E-state index contributed by atoms with van der Waals surface area (Å²) >= 11 is 0. The second-order valence-corrected chi connectivity index (χ2v) is 7.41. The Kier molecular flexibility index (Phi) is 5.03. The zero-order chi connectivity index (χ0) is 21.0. The van der Waals surface area contributed by atoms with E-state index in [0.29, 0.717) is 17.6 Å². The maximum absolute atomic E-state index is 12.9. The molecule has 0 amide bonds. The van der Waals surface area contributed by atoms with Crippen LogP contribution in [0, 0.1) is 0 Å². The van der Waals surface area contributed by atoms with Crippen LogP contribution in [0.5, 0.6) is 0 Å². The first-order valence-corrected chi connectivity index (χ1v) is 10.2. The van der Waals surface area contributed by atoms with Gasteiger partial charge >= 0.3 is 0 Å². The number of nitrogens with one attached hydrogen (secondary N) is 1. The molecule has 4 heteroatoms. The molecule has 0 bridgehead atoms. The molecule has 5 rings (SSSR count). The second kappa shape index (κ2) is 8.28. The summed E-state index contributed by atoms with van der Waals surface area (Å²) in [6.45, 7) is 0. The van der Waals surface area contributed by atoms with Crippen LogP contribution >= 0.6 is 0 Å². The lowest BCUT2D eigenvalue weighted by Gasteiger charge is -2.19. The summed E-state index contributed by atoms with van der Waals surface area (Å²) in [5.74, 6) is 0.715. The molecule has 4 nitrogen and oxygen atoms in total. The number of nitrogens with zero attached hydrogens (tertiary/aromatic N) is 2. The van der Waals surface area contributed by atoms with Crippen molar-refractivity contribution >= 4 is 22.4 Å². The minimum Gasteiger partial charge on any atom is -0.341 e. The third kappa shape index (κ3) is 3.96. The lowest BCUT2D eigenvalue weighted by molar-refractivity contribution is 1.05. The SMILES string of the molecule is O=c1cc(Nc2ccccc2)n(-c2ccccc2)c2cc(Cc3ccccc3)ncc12. The molecule has 0 radical (unpaired) electrons. The van der Waals surface area contributed by atoms with Crippen LogP contribution in [-0.4, -0.2) is 9.55 Å². The first kappa shape index (κ1) is 18.8. The molecule has 0 unspecified atom stereocenters. The van der Waals surface area contributed by atoms with E-state index in [9.17, 15) is 4.79 Å². The molecule has 0 saturated heterocycles. The molecule has 2 heterocycles. The van der Waals surface area contributed by atoms with Gasteiger partial charge in [0.15, 0.2) is 5.43 Å². The molecule has 0 aliphatic heterocycles. The van der Waals surface area contributed by atoms with Gasteiger partial charge in [0.25, 0.3) is 0 Å². The predicted molar refractivity (Wildman–Crippen MR) is 126 cm³/mol. The molecule has 0 saturated carbocycles. The molecule has 150 valence electrons. The van der Waals surface area contributed by atoms with Crippen LogP contribution in [0.4, 0.5) is 11.5 Å². The number of fused-ring (bicyclic) bond motifs is 1. The van der Waals surface area contributed by atoms with Crippen molar-refractivity contribution in [1.29, 1.82) is 0 Å². The Hall–Kier alpha value is -4.18. The normalized spacial score (nSPS) is 10.8. The lowest BCUT2D eigenvalue weighted by atomic mass is 10.1. The van der Waals surface area contributed by atoms with Crippen LogP contribution in [-0.2, 0) is 6.42 Å². The fourth-order valence-corrected chi connectivity index (χ4v) is 3.78. The lowest BCUT2D eigenvalue weighted by Crippen LogP contribution is -2.13. The first-order chi connectivity index (χ1) is 15.3. The highest BCUT2D eigenvalue weighted by molar-refractivity contribution is 5.83. The van der Waals surface area contributed by atoms with E-state index in [2.05, 4.69) is 27.0 Å². The average molecular weight is 403 g/mol. The van der Waals surface area contributed by atoms with E-state index in [1.54, 1.807) is 12.3 Å². The predicted octanol–water partition coefficient (Wildman–Crippen LogP) is 5.72. The van der Waals surface area contributed by atoms with Crippen LogP contribution in [0.2, 0.25) is 0 Å². The van der Waals surface area contributed by atoms with E-state index in [0.717, 1.165) is 22.6 Å². The van der Waals surface area contributed by atoms with Crippen molar-refractivity contribution in [2.24, 2.45) is 0 Å². The maximum Gasteiger partial charge on any atom is 0.193 e. The summed E-state index contributed by atoms with van der Waals surface area (Å²) < 4.78 is 2.08. The summed E-state index contributed by atoms with van der Waals surface area (Å²) in [4.78, 5) is 17.5. The number of benzene rings is 3. The molecule has 0 spiro atoms. The Morgan fingerprint density at radius 2 is 1.42 bits per heavy atom. The van der Waals surface area contributed by atoms with E-state index >= 15 is 0 Å². The van der Waals surface area contributed by atoms with Gasteiger partial charge in [0, 0.05) is 35.8 Å². The molecule has 1 N–H and O–H groups in total. The molecule has 2 aromatic heterocycles. The molecule has 0 atom stereocenters. The van der Waals surface area contributed by atoms with E-state index in [1.165, 1.54) is 5.56 Å². The standard InChI is InChI=1S/C27H21N3O/c31-26-18-27(29-21-12-6-2-7-13-21)30(23-14-8-3-9-15-23)25-17-22(28-19-24(25)26)16-20-10-4-1-5-11-20/h1-15,17-19,29H,16H2. The average Bonchev–Trinajstić information content (AvgIpc) is 2.81. The third-order valence-corrected chi connectivity index (χ3v) is 5.24. The fourth-order valence-electron chi connectivity index (χ4n) is 3.78. The molecule has 0 fully saturated rings. The van der Waals surface area contributed by atoms with Crippen LogP contribution in [0.3, 0.4) is 0 Å². The van der Waals surface area contributed by atoms with Gasteiger partial charge in [-0.3, -0.25) is 14.3 Å². The van der Waals surface area contributed by atoms with Crippen LogP contribution in [0.15, 0.2) is 114 Å². The highest BCUT2D eigenvalue weighted by Gasteiger charge is 2.13. The monoisotopic (exact) mass is 403 g/mol. The minimum atomic E-state index is -0.0561. The molecule has 0 aliphatic carbocycles. The summed E-state index contributed by atoms with van der Waals surface area (Å²) in [6, 6.07) is 33.8. The van der Waals surface area contributed by atoms with Gasteiger partial charge in [-0.25, -0.2) is 0 Å². The summed E-state index contributed by atoms with van der Waals surface area (Å²) in [7, 11) is 0. The van der Waals surface area contributed by atoms with Crippen molar-refractivity contribution in [3.8, 4) is 5.69 Å². The van der Waals surface area contributed by atoms with Gasteiger partial charge < -0.3 is 5.32 Å².